The van der Waals surface area contributed by atoms with Crippen LogP contribution in [0.4, 0.5) is 9.18 Å². The monoisotopic (exact) mass is 533 g/mol. The van der Waals surface area contributed by atoms with Crippen LogP contribution in [0.3, 0.4) is 0 Å². The molecule has 2 aromatic carbocycles. The Balaban J connectivity index is 1.63. The van der Waals surface area contributed by atoms with Crippen molar-refractivity contribution in [3.63, 3.8) is 0 Å². The molecule has 4 rings (SSSR count). The maximum atomic E-state index is 14.1. The smallest absolute Gasteiger partial charge is 0.333 e. The van der Waals surface area contributed by atoms with E-state index in [0.29, 0.717) is 17.2 Å². The Morgan fingerprint density at radius 2 is 1.86 bits per heavy atom. The van der Waals surface area contributed by atoms with Gasteiger partial charge in [0.15, 0.2) is 6.80 Å². The molecule has 192 valence electrons. The lowest BCUT2D eigenvalue weighted by atomic mass is 10.0. The van der Waals surface area contributed by atoms with Crippen molar-refractivity contribution in [3.8, 4) is 0 Å². The van der Waals surface area contributed by atoms with Crippen LogP contribution in [0.1, 0.15) is 17.5 Å². The zero-order valence-electron chi connectivity index (χ0n) is 20.0. The summed E-state index contributed by atoms with van der Waals surface area (Å²) in [5, 5.41) is 5.71. The zero-order chi connectivity index (χ0) is 25.7. The number of benzene rings is 2. The van der Waals surface area contributed by atoms with E-state index in [9.17, 15) is 18.8 Å². The van der Waals surface area contributed by atoms with Gasteiger partial charge in [-0.3, -0.25) is 9.59 Å². The Kier molecular flexibility index (Phi) is 8.71. The maximum absolute atomic E-state index is 14.1. The van der Waals surface area contributed by atoms with Gasteiger partial charge in [-0.15, -0.1) is 0 Å². The number of nitrogens with one attached hydrogen (secondary N) is 1. The molecular weight excluding hydrogens is 505 g/mol. The number of hydrazine groups is 1. The van der Waals surface area contributed by atoms with Crippen molar-refractivity contribution in [1.29, 1.82) is 0 Å². The molecule has 0 radical (unpaired) electrons. The number of carbonyl (C=O) groups excluding carboxylic acids is 3. The molecule has 2 saturated heterocycles. The number of thioether (sulfide) groups is 1. The summed E-state index contributed by atoms with van der Waals surface area (Å²) >= 11 is 7.93. The molecule has 8 nitrogen and oxygen atoms in total. The predicted octanol–water partition coefficient (Wildman–Crippen LogP) is 3.33. The van der Waals surface area contributed by atoms with Crippen LogP contribution in [0.5, 0.6) is 0 Å². The van der Waals surface area contributed by atoms with E-state index in [4.69, 9.17) is 11.6 Å². The van der Waals surface area contributed by atoms with E-state index in [1.165, 1.54) is 9.91 Å². The molecule has 0 spiro atoms. The summed E-state index contributed by atoms with van der Waals surface area (Å²) in [4.78, 5) is 43.1. The van der Waals surface area contributed by atoms with E-state index in [-0.39, 0.29) is 38.0 Å². The van der Waals surface area contributed by atoms with Gasteiger partial charge >= 0.3 is 6.03 Å². The first kappa shape index (κ1) is 26.2. The lowest BCUT2D eigenvalue weighted by Crippen LogP contribution is -2.76. The van der Waals surface area contributed by atoms with Crippen LogP contribution in [0.25, 0.3) is 0 Å². The second-order valence-electron chi connectivity index (χ2n) is 8.66. The van der Waals surface area contributed by atoms with E-state index in [0.717, 1.165) is 16.1 Å². The Bertz CT molecular complexity index is 1090. The molecule has 0 unspecified atom stereocenters. The Hall–Kier alpha value is -2.82. The standard InChI is InChI=1S/C25H29ClFN5O3S/c1-36-12-11-21-24(34)29(14-19-9-5-6-10-20(19)26)15-22-31(21)23(33)16-30(17-27)32(22)25(35)28-13-18-7-3-2-4-8-18/h2-10,21-22H,11-17H2,1H3,(H,28,35)/t21-,22-/m0/s1. The van der Waals surface area contributed by atoms with Gasteiger partial charge in [-0.2, -0.15) is 16.8 Å². The number of carbonyl (C=O) groups is 3. The van der Waals surface area contributed by atoms with Crippen LogP contribution in [0.15, 0.2) is 54.6 Å². The largest absolute Gasteiger partial charge is 0.334 e. The fraction of sp³-hybridized carbons (Fsp3) is 0.400. The number of halogens is 2. The third-order valence-electron chi connectivity index (χ3n) is 6.38. The lowest BCUT2D eigenvalue weighted by molar-refractivity contribution is -0.195. The predicted molar refractivity (Wildman–Crippen MR) is 137 cm³/mol. The van der Waals surface area contributed by atoms with Gasteiger partial charge in [0.05, 0.1) is 6.54 Å². The number of fused-ring (bicyclic) bond motifs is 1. The van der Waals surface area contributed by atoms with Crippen LogP contribution < -0.4 is 5.32 Å². The molecular formula is C25H29ClFN5O3S. The van der Waals surface area contributed by atoms with Gasteiger partial charge in [-0.25, -0.2) is 14.2 Å². The number of nitrogens with zero attached hydrogens (tertiary/aromatic N) is 4. The Labute approximate surface area is 219 Å². The number of hydrogen-bond acceptors (Lipinski definition) is 5. The summed E-state index contributed by atoms with van der Waals surface area (Å²) in [6.45, 7) is -0.819. The van der Waals surface area contributed by atoms with Gasteiger partial charge in [0.1, 0.15) is 18.8 Å². The molecule has 0 saturated carbocycles. The van der Waals surface area contributed by atoms with Gasteiger partial charge in [0.25, 0.3) is 0 Å². The average molecular weight is 534 g/mol. The summed E-state index contributed by atoms with van der Waals surface area (Å²) in [5.74, 6) is 0.0772. The minimum absolute atomic E-state index is 0.0425. The van der Waals surface area contributed by atoms with E-state index in [2.05, 4.69) is 5.32 Å². The second kappa shape index (κ2) is 11.9. The molecule has 0 aliphatic carbocycles. The molecule has 1 N–H and O–H groups in total. The van der Waals surface area contributed by atoms with Crippen LogP contribution in [0, 0.1) is 0 Å². The number of amides is 4. The summed E-state index contributed by atoms with van der Waals surface area (Å²) in [6, 6.07) is 15.3. The van der Waals surface area contributed by atoms with E-state index < -0.39 is 25.0 Å². The molecule has 2 aromatic rings. The normalized spacial score (nSPS) is 20.5. The molecule has 2 aliphatic rings. The first-order chi connectivity index (χ1) is 17.4. The van der Waals surface area contributed by atoms with Gasteiger partial charge in [0.2, 0.25) is 11.8 Å². The van der Waals surface area contributed by atoms with Crippen molar-refractivity contribution in [2.24, 2.45) is 0 Å². The average Bonchev–Trinajstić information content (AvgIpc) is 2.89. The molecule has 4 amide bonds. The summed E-state index contributed by atoms with van der Waals surface area (Å²) in [5.41, 5.74) is 1.65. The summed E-state index contributed by atoms with van der Waals surface area (Å²) < 4.78 is 14.1. The number of urea groups is 1. The number of piperazine rings is 1. The van der Waals surface area contributed by atoms with Crippen LogP contribution in [0.2, 0.25) is 5.02 Å². The van der Waals surface area contributed by atoms with Crippen LogP contribution in [-0.2, 0) is 22.7 Å². The highest BCUT2D eigenvalue weighted by Gasteiger charge is 2.51. The Morgan fingerprint density at radius 3 is 2.56 bits per heavy atom. The molecule has 0 bridgehead atoms. The molecule has 2 fully saturated rings. The third kappa shape index (κ3) is 5.61. The van der Waals surface area contributed by atoms with Gasteiger partial charge in [-0.05, 0) is 35.6 Å². The van der Waals surface area contributed by atoms with E-state index in [1.54, 1.807) is 22.7 Å². The zero-order valence-corrected chi connectivity index (χ0v) is 21.6. The summed E-state index contributed by atoms with van der Waals surface area (Å²) in [6.07, 6.45) is 1.51. The first-order valence-corrected chi connectivity index (χ1v) is 13.5. The topological polar surface area (TPSA) is 76.2 Å². The molecule has 2 atom stereocenters. The third-order valence-corrected chi connectivity index (χ3v) is 7.39. The molecule has 2 heterocycles. The van der Waals surface area contributed by atoms with Gasteiger partial charge in [0, 0.05) is 18.1 Å². The highest BCUT2D eigenvalue weighted by Crippen LogP contribution is 2.30. The first-order valence-electron chi connectivity index (χ1n) is 11.7. The van der Waals surface area contributed by atoms with Crippen LogP contribution >= 0.6 is 23.4 Å². The minimum Gasteiger partial charge on any atom is -0.333 e. The highest BCUT2D eigenvalue weighted by molar-refractivity contribution is 7.98. The Morgan fingerprint density at radius 1 is 1.14 bits per heavy atom. The lowest BCUT2D eigenvalue weighted by Gasteiger charge is -2.54. The second-order valence-corrected chi connectivity index (χ2v) is 10.1. The fourth-order valence-electron chi connectivity index (χ4n) is 4.64. The number of rotatable bonds is 8. The van der Waals surface area contributed by atoms with E-state index >= 15 is 0 Å². The SMILES string of the molecule is CSCC[C@H]1C(=O)N(Cc2ccccc2Cl)C[C@H]2N1C(=O)CN(CF)N2C(=O)NCc1ccccc1. The molecule has 36 heavy (non-hydrogen) atoms. The highest BCUT2D eigenvalue weighted by atomic mass is 35.5. The quantitative estimate of drug-likeness (QED) is 0.527. The van der Waals surface area contributed by atoms with Crippen molar-refractivity contribution in [3.05, 3.63) is 70.7 Å². The number of hydrogen-bond donors (Lipinski definition) is 1. The molecule has 2 aliphatic heterocycles. The van der Waals surface area contributed by atoms with E-state index in [1.807, 2.05) is 54.8 Å². The molecule has 0 aromatic heterocycles. The van der Waals surface area contributed by atoms with Gasteiger partial charge in [-0.1, -0.05) is 60.1 Å². The van der Waals surface area contributed by atoms with Crippen molar-refractivity contribution < 1.29 is 18.8 Å². The van der Waals surface area contributed by atoms with Gasteiger partial charge < -0.3 is 15.1 Å². The van der Waals surface area contributed by atoms with Crippen LogP contribution in [-0.4, -0.2) is 81.8 Å². The van der Waals surface area contributed by atoms with Crippen molar-refractivity contribution in [1.82, 2.24) is 25.1 Å². The minimum atomic E-state index is -1.01. The number of alkyl halides is 1. The molecule has 11 heteroatoms. The fourth-order valence-corrected chi connectivity index (χ4v) is 5.29. The van der Waals surface area contributed by atoms with Crippen molar-refractivity contribution in [2.75, 3.05) is 31.9 Å². The van der Waals surface area contributed by atoms with Crippen molar-refractivity contribution in [2.45, 2.75) is 31.7 Å². The summed E-state index contributed by atoms with van der Waals surface area (Å²) in [7, 11) is 0. The van der Waals surface area contributed by atoms with Crippen molar-refractivity contribution >= 4 is 41.2 Å². The maximum Gasteiger partial charge on any atom is 0.334 e.